The summed E-state index contributed by atoms with van der Waals surface area (Å²) < 4.78 is 0. The van der Waals surface area contributed by atoms with E-state index in [1.54, 1.807) is 24.3 Å². The summed E-state index contributed by atoms with van der Waals surface area (Å²) in [6, 6.07) is 6.58. The van der Waals surface area contributed by atoms with Crippen LogP contribution in [0.1, 0.15) is 46.4 Å². The van der Waals surface area contributed by atoms with Crippen LogP contribution in [0.15, 0.2) is 24.3 Å². The molecule has 92 valence electrons. The zero-order chi connectivity index (χ0) is 12.7. The summed E-state index contributed by atoms with van der Waals surface area (Å²) in [6.07, 6.45) is 2.37. The lowest BCUT2D eigenvalue weighted by atomic mass is 9.93. The van der Waals surface area contributed by atoms with Crippen LogP contribution < -0.4 is 0 Å². The van der Waals surface area contributed by atoms with Gasteiger partial charge in [0.2, 0.25) is 0 Å². The number of nitrogens with zero attached hydrogens (tertiary/aromatic N) is 1. The Morgan fingerprint density at radius 3 is 2.17 bits per heavy atom. The average Bonchev–Trinajstić information content (AvgIpc) is 2.63. The van der Waals surface area contributed by atoms with Crippen LogP contribution in [0.5, 0.6) is 0 Å². The summed E-state index contributed by atoms with van der Waals surface area (Å²) >= 11 is 0. The molecule has 1 fully saturated rings. The van der Waals surface area contributed by atoms with Gasteiger partial charge in [-0.05, 0) is 25.0 Å². The fraction of sp³-hybridized carbons (Fsp3) is 0.357. The maximum Gasteiger partial charge on any atom is 0.261 e. The molecule has 4 heteroatoms. The highest BCUT2D eigenvalue weighted by Gasteiger charge is 2.40. The van der Waals surface area contributed by atoms with E-state index in [0.717, 1.165) is 12.8 Å². The third-order valence-electron chi connectivity index (χ3n) is 3.65. The Bertz CT molecular complexity index is 515. The Balaban J connectivity index is 1.94. The minimum atomic E-state index is -0.254. The minimum Gasteiger partial charge on any atom is -0.300 e. The predicted molar refractivity (Wildman–Crippen MR) is 64.2 cm³/mol. The molecule has 2 amide bonds. The van der Waals surface area contributed by atoms with Gasteiger partial charge in [-0.25, -0.2) is 0 Å². The van der Waals surface area contributed by atoms with E-state index in [9.17, 15) is 14.4 Å². The second-order valence-corrected chi connectivity index (χ2v) is 4.81. The first kappa shape index (κ1) is 11.1. The van der Waals surface area contributed by atoms with Gasteiger partial charge in [-0.15, -0.1) is 0 Å². The molecular weight excluding hydrogens is 230 g/mol. The lowest BCUT2D eigenvalue weighted by Gasteiger charge is -2.28. The van der Waals surface area contributed by atoms with Crippen LogP contribution in [0.4, 0.5) is 0 Å². The van der Waals surface area contributed by atoms with Crippen molar-refractivity contribution in [1.82, 2.24) is 4.90 Å². The molecule has 0 bridgehead atoms. The molecule has 2 aliphatic rings. The van der Waals surface area contributed by atoms with Crippen LogP contribution in [-0.4, -0.2) is 28.5 Å². The second-order valence-electron chi connectivity index (χ2n) is 4.81. The Hall–Kier alpha value is -1.97. The van der Waals surface area contributed by atoms with Gasteiger partial charge in [0.15, 0.2) is 0 Å². The molecule has 0 saturated heterocycles. The van der Waals surface area contributed by atoms with Crippen molar-refractivity contribution >= 4 is 17.6 Å². The van der Waals surface area contributed by atoms with Gasteiger partial charge in [-0.1, -0.05) is 12.1 Å². The highest BCUT2D eigenvalue weighted by atomic mass is 16.2. The molecule has 1 heterocycles. The summed E-state index contributed by atoms with van der Waals surface area (Å²) in [5, 5.41) is 0. The van der Waals surface area contributed by atoms with Gasteiger partial charge in [0.05, 0.1) is 11.1 Å². The molecule has 4 nitrogen and oxygen atoms in total. The molecule has 1 aliphatic heterocycles. The average molecular weight is 243 g/mol. The zero-order valence-corrected chi connectivity index (χ0v) is 9.89. The standard InChI is InChI=1S/C14H13NO3/c16-10-5-3-4-9(8-10)15-13(17)11-6-1-2-7-12(11)14(15)18/h1-2,6-7,9H,3-5,8H2/t9-/m1/s1. The van der Waals surface area contributed by atoms with Gasteiger partial charge in [0, 0.05) is 18.9 Å². The van der Waals surface area contributed by atoms with Crippen molar-refractivity contribution in [3.8, 4) is 0 Å². The normalized spacial score (nSPS) is 23.4. The van der Waals surface area contributed by atoms with Crippen LogP contribution in [-0.2, 0) is 4.79 Å². The smallest absolute Gasteiger partial charge is 0.261 e. The van der Waals surface area contributed by atoms with Crippen molar-refractivity contribution in [2.45, 2.75) is 31.7 Å². The third kappa shape index (κ3) is 1.56. The van der Waals surface area contributed by atoms with Crippen LogP contribution in [0.3, 0.4) is 0 Å². The van der Waals surface area contributed by atoms with Crippen molar-refractivity contribution in [2.24, 2.45) is 0 Å². The highest BCUT2D eigenvalue weighted by Crippen LogP contribution is 2.29. The molecule has 0 spiro atoms. The van der Waals surface area contributed by atoms with Crippen LogP contribution in [0.25, 0.3) is 0 Å². The van der Waals surface area contributed by atoms with E-state index >= 15 is 0 Å². The SMILES string of the molecule is O=C1CCC[C@@H](N2C(=O)c3ccccc3C2=O)C1. The van der Waals surface area contributed by atoms with Crippen LogP contribution in [0.2, 0.25) is 0 Å². The van der Waals surface area contributed by atoms with Crippen LogP contribution in [0, 0.1) is 0 Å². The molecule has 18 heavy (non-hydrogen) atoms. The van der Waals surface area contributed by atoms with Crippen molar-refractivity contribution in [3.05, 3.63) is 35.4 Å². The number of amides is 2. The number of carbonyl (C=O) groups excluding carboxylic acids is 3. The lowest BCUT2D eigenvalue weighted by Crippen LogP contribution is -2.42. The lowest BCUT2D eigenvalue weighted by molar-refractivity contribution is -0.121. The molecule has 0 N–H and O–H groups in total. The molecule has 1 aromatic carbocycles. The maximum atomic E-state index is 12.2. The van der Waals surface area contributed by atoms with Crippen molar-refractivity contribution in [3.63, 3.8) is 0 Å². The van der Waals surface area contributed by atoms with E-state index in [0.29, 0.717) is 24.0 Å². The Morgan fingerprint density at radius 2 is 1.61 bits per heavy atom. The number of carbonyl (C=O) groups is 3. The number of hydrogen-bond donors (Lipinski definition) is 0. The monoisotopic (exact) mass is 243 g/mol. The van der Waals surface area contributed by atoms with E-state index in [4.69, 9.17) is 0 Å². The molecule has 1 aliphatic carbocycles. The van der Waals surface area contributed by atoms with Crippen molar-refractivity contribution in [1.29, 1.82) is 0 Å². The summed E-state index contributed by atoms with van der Waals surface area (Å²) in [6.45, 7) is 0. The molecule has 0 aromatic heterocycles. The van der Waals surface area contributed by atoms with Gasteiger partial charge < -0.3 is 0 Å². The summed E-state index contributed by atoms with van der Waals surface area (Å²) in [7, 11) is 0. The van der Waals surface area contributed by atoms with Gasteiger partial charge in [0.25, 0.3) is 11.8 Å². The molecule has 1 saturated carbocycles. The fourth-order valence-electron chi connectivity index (χ4n) is 2.76. The van der Waals surface area contributed by atoms with Crippen LogP contribution >= 0.6 is 0 Å². The number of rotatable bonds is 1. The molecule has 3 rings (SSSR count). The maximum absolute atomic E-state index is 12.2. The molecule has 1 aromatic rings. The third-order valence-corrected chi connectivity index (χ3v) is 3.65. The van der Waals surface area contributed by atoms with Gasteiger partial charge in [0.1, 0.15) is 5.78 Å². The first-order valence-corrected chi connectivity index (χ1v) is 6.17. The largest absolute Gasteiger partial charge is 0.300 e. The van der Waals surface area contributed by atoms with Crippen molar-refractivity contribution in [2.75, 3.05) is 0 Å². The van der Waals surface area contributed by atoms with E-state index in [-0.39, 0.29) is 23.6 Å². The first-order chi connectivity index (χ1) is 8.68. The summed E-state index contributed by atoms with van der Waals surface area (Å²) in [5.74, 6) is -0.367. The molecule has 0 unspecified atom stereocenters. The van der Waals surface area contributed by atoms with Gasteiger partial charge in [-0.3, -0.25) is 19.3 Å². The molecular formula is C14H13NO3. The van der Waals surface area contributed by atoms with E-state index in [1.807, 2.05) is 0 Å². The second kappa shape index (κ2) is 4.05. The number of Topliss-reactive ketones (excluding diaryl/α,β-unsaturated/α-hetero) is 1. The quantitative estimate of drug-likeness (QED) is 0.707. The van der Waals surface area contributed by atoms with E-state index in [2.05, 4.69) is 0 Å². The first-order valence-electron chi connectivity index (χ1n) is 6.17. The Morgan fingerprint density at radius 1 is 1.00 bits per heavy atom. The summed E-state index contributed by atoms with van der Waals surface area (Å²) in [5.41, 5.74) is 0.918. The topological polar surface area (TPSA) is 54.5 Å². The zero-order valence-electron chi connectivity index (χ0n) is 9.89. The van der Waals surface area contributed by atoms with Crippen molar-refractivity contribution < 1.29 is 14.4 Å². The number of benzene rings is 1. The number of hydrogen-bond acceptors (Lipinski definition) is 3. The summed E-state index contributed by atoms with van der Waals surface area (Å²) in [4.78, 5) is 37.2. The minimum absolute atomic E-state index is 0.141. The number of imide groups is 1. The van der Waals surface area contributed by atoms with Gasteiger partial charge >= 0.3 is 0 Å². The van der Waals surface area contributed by atoms with E-state index in [1.165, 1.54) is 4.90 Å². The Labute approximate surface area is 105 Å². The highest BCUT2D eigenvalue weighted by molar-refractivity contribution is 6.21. The number of fused-ring (bicyclic) bond motifs is 1. The Kier molecular flexibility index (Phi) is 2.51. The molecule has 1 atom stereocenters. The number of ketones is 1. The predicted octanol–water partition coefficient (Wildman–Crippen LogP) is 1.79. The van der Waals surface area contributed by atoms with E-state index < -0.39 is 0 Å². The van der Waals surface area contributed by atoms with Gasteiger partial charge in [-0.2, -0.15) is 0 Å². The molecule has 0 radical (unpaired) electrons. The fourth-order valence-corrected chi connectivity index (χ4v) is 2.76.